The normalized spacial score (nSPS) is 19.6. The van der Waals surface area contributed by atoms with Crippen LogP contribution in [0.5, 0.6) is 0 Å². The Morgan fingerprint density at radius 1 is 1.41 bits per heavy atom. The van der Waals surface area contributed by atoms with Gasteiger partial charge in [0.15, 0.2) is 0 Å². The van der Waals surface area contributed by atoms with Gasteiger partial charge in [-0.25, -0.2) is 0 Å². The minimum atomic E-state index is 0.148. The summed E-state index contributed by atoms with van der Waals surface area (Å²) in [6.45, 7) is 4.30. The zero-order chi connectivity index (χ0) is 12.3. The fraction of sp³-hybridized carbons (Fsp3) is 0.500. The summed E-state index contributed by atoms with van der Waals surface area (Å²) in [6, 6.07) is 8.08. The smallest absolute Gasteiger partial charge is 0.237 e. The predicted molar refractivity (Wildman–Crippen MR) is 74.6 cm³/mol. The van der Waals surface area contributed by atoms with E-state index in [1.54, 1.807) is 11.8 Å². The van der Waals surface area contributed by atoms with E-state index >= 15 is 0 Å². The molecule has 0 spiro atoms. The zero-order valence-corrected chi connectivity index (χ0v) is 11.2. The molecule has 0 aromatic heterocycles. The van der Waals surface area contributed by atoms with Crippen molar-refractivity contribution in [3.8, 4) is 0 Å². The molecule has 0 aliphatic carbocycles. The van der Waals surface area contributed by atoms with Gasteiger partial charge in [0, 0.05) is 5.69 Å². The summed E-state index contributed by atoms with van der Waals surface area (Å²) in [6.07, 6.45) is 2.18. The number of nitrogens with one attached hydrogen (secondary N) is 1. The number of carbonyl (C=O) groups is 1. The van der Waals surface area contributed by atoms with Gasteiger partial charge >= 0.3 is 0 Å². The van der Waals surface area contributed by atoms with Gasteiger partial charge in [0.25, 0.3) is 0 Å². The van der Waals surface area contributed by atoms with Gasteiger partial charge in [-0.15, -0.1) is 11.8 Å². The molecule has 92 valence electrons. The van der Waals surface area contributed by atoms with Crippen molar-refractivity contribution in [3.05, 3.63) is 29.8 Å². The second-order valence-corrected chi connectivity index (χ2v) is 6.04. The molecule has 1 aliphatic heterocycles. The monoisotopic (exact) mass is 249 g/mol. The highest BCUT2D eigenvalue weighted by Gasteiger charge is 2.23. The first-order valence-corrected chi connectivity index (χ1v) is 7.24. The maximum absolute atomic E-state index is 12.1. The molecular weight excluding hydrogens is 230 g/mol. The van der Waals surface area contributed by atoms with E-state index in [1.165, 1.54) is 5.56 Å². The number of para-hydroxylation sites is 1. The molecule has 1 atom stereocenters. The molecule has 0 bridgehead atoms. The Balaban J connectivity index is 2.09. The van der Waals surface area contributed by atoms with E-state index in [0.29, 0.717) is 5.92 Å². The highest BCUT2D eigenvalue weighted by atomic mass is 32.2. The van der Waals surface area contributed by atoms with E-state index in [4.69, 9.17) is 0 Å². The maximum Gasteiger partial charge on any atom is 0.237 e. The third-order valence-corrected chi connectivity index (χ3v) is 4.44. The van der Waals surface area contributed by atoms with Gasteiger partial charge < -0.3 is 5.32 Å². The van der Waals surface area contributed by atoms with Crippen LogP contribution in [0.15, 0.2) is 24.3 Å². The lowest BCUT2D eigenvalue weighted by Crippen LogP contribution is -2.23. The summed E-state index contributed by atoms with van der Waals surface area (Å²) in [5.74, 6) is 1.72. The molecule has 1 heterocycles. The number of amides is 1. The second kappa shape index (κ2) is 5.58. The quantitative estimate of drug-likeness (QED) is 0.886. The largest absolute Gasteiger partial charge is 0.325 e. The highest BCUT2D eigenvalue weighted by molar-refractivity contribution is 8.00. The minimum absolute atomic E-state index is 0.148. The standard InChI is InChI=1S/C14H19NOS/c1-10(2)11-6-3-4-7-12(11)15-14(16)13-8-5-9-17-13/h3-4,6-7,10,13H,5,8-9H2,1-2H3,(H,15,16). The first-order chi connectivity index (χ1) is 8.18. The van der Waals surface area contributed by atoms with Gasteiger partial charge in [-0.3, -0.25) is 4.79 Å². The van der Waals surface area contributed by atoms with Crippen molar-refractivity contribution < 1.29 is 4.79 Å². The molecule has 1 N–H and O–H groups in total. The SMILES string of the molecule is CC(C)c1ccccc1NC(=O)C1CCCS1. The molecule has 1 unspecified atom stereocenters. The second-order valence-electron chi connectivity index (χ2n) is 4.73. The Morgan fingerprint density at radius 2 is 2.18 bits per heavy atom. The molecule has 1 fully saturated rings. The summed E-state index contributed by atoms with van der Waals surface area (Å²) >= 11 is 1.77. The third-order valence-electron chi connectivity index (χ3n) is 3.06. The number of hydrogen-bond donors (Lipinski definition) is 1. The first kappa shape index (κ1) is 12.5. The lowest BCUT2D eigenvalue weighted by molar-refractivity contribution is -0.115. The van der Waals surface area contributed by atoms with E-state index in [-0.39, 0.29) is 11.2 Å². The molecule has 3 heteroatoms. The summed E-state index contributed by atoms with van der Waals surface area (Å²) in [4.78, 5) is 12.1. The van der Waals surface area contributed by atoms with Gasteiger partial charge in [0.05, 0.1) is 5.25 Å². The van der Waals surface area contributed by atoms with Crippen LogP contribution in [0.3, 0.4) is 0 Å². The predicted octanol–water partition coefficient (Wildman–Crippen LogP) is 3.64. The fourth-order valence-corrected chi connectivity index (χ4v) is 3.27. The summed E-state index contributed by atoms with van der Waals surface area (Å²) in [7, 11) is 0. The van der Waals surface area contributed by atoms with E-state index < -0.39 is 0 Å². The Morgan fingerprint density at radius 3 is 2.82 bits per heavy atom. The maximum atomic E-state index is 12.1. The lowest BCUT2D eigenvalue weighted by Gasteiger charge is -2.15. The molecule has 2 nitrogen and oxygen atoms in total. The van der Waals surface area contributed by atoms with Crippen molar-refractivity contribution in [1.29, 1.82) is 0 Å². The zero-order valence-electron chi connectivity index (χ0n) is 10.4. The Hall–Kier alpha value is -0.960. The average Bonchev–Trinajstić information content (AvgIpc) is 2.83. The number of hydrogen-bond acceptors (Lipinski definition) is 2. The van der Waals surface area contributed by atoms with Gasteiger partial charge in [-0.1, -0.05) is 32.0 Å². The van der Waals surface area contributed by atoms with Crippen LogP contribution in [0.25, 0.3) is 0 Å². The van der Waals surface area contributed by atoms with Crippen LogP contribution in [0.1, 0.15) is 38.2 Å². The van der Waals surface area contributed by atoms with Crippen LogP contribution in [0.2, 0.25) is 0 Å². The number of anilines is 1. The number of rotatable bonds is 3. The van der Waals surface area contributed by atoms with Crippen molar-refractivity contribution >= 4 is 23.4 Å². The molecule has 2 rings (SSSR count). The molecule has 0 saturated carbocycles. The summed E-state index contributed by atoms with van der Waals surface area (Å²) < 4.78 is 0. The Labute approximate surface area is 107 Å². The van der Waals surface area contributed by atoms with Gasteiger partial charge in [-0.2, -0.15) is 0 Å². The lowest BCUT2D eigenvalue weighted by atomic mass is 10.0. The van der Waals surface area contributed by atoms with E-state index in [9.17, 15) is 4.79 Å². The van der Waals surface area contributed by atoms with Crippen LogP contribution in [0, 0.1) is 0 Å². The van der Waals surface area contributed by atoms with Crippen molar-refractivity contribution in [2.75, 3.05) is 11.1 Å². The molecule has 1 aromatic rings. The minimum Gasteiger partial charge on any atom is -0.325 e. The van der Waals surface area contributed by atoms with Crippen LogP contribution in [0.4, 0.5) is 5.69 Å². The van der Waals surface area contributed by atoms with Gasteiger partial charge in [0.1, 0.15) is 0 Å². The molecule has 17 heavy (non-hydrogen) atoms. The molecule has 0 radical (unpaired) electrons. The molecule has 1 aliphatic rings. The number of carbonyl (C=O) groups excluding carboxylic acids is 1. The first-order valence-electron chi connectivity index (χ1n) is 6.20. The Bertz CT molecular complexity index is 397. The molecule has 1 saturated heterocycles. The van der Waals surface area contributed by atoms with E-state index in [0.717, 1.165) is 24.3 Å². The van der Waals surface area contributed by atoms with Crippen molar-refractivity contribution in [3.63, 3.8) is 0 Å². The number of thioether (sulfide) groups is 1. The van der Waals surface area contributed by atoms with Crippen LogP contribution < -0.4 is 5.32 Å². The topological polar surface area (TPSA) is 29.1 Å². The summed E-state index contributed by atoms with van der Waals surface area (Å²) in [5, 5.41) is 3.22. The van der Waals surface area contributed by atoms with Crippen LogP contribution in [-0.2, 0) is 4.79 Å². The molecule has 1 amide bonds. The van der Waals surface area contributed by atoms with E-state index in [1.807, 2.05) is 18.2 Å². The summed E-state index contributed by atoms with van der Waals surface area (Å²) in [5.41, 5.74) is 2.18. The van der Waals surface area contributed by atoms with Crippen LogP contribution >= 0.6 is 11.8 Å². The van der Waals surface area contributed by atoms with Crippen molar-refractivity contribution in [2.45, 2.75) is 37.9 Å². The highest BCUT2D eigenvalue weighted by Crippen LogP contribution is 2.29. The molecular formula is C14H19NOS. The van der Waals surface area contributed by atoms with Gasteiger partial charge in [-0.05, 0) is 36.1 Å². The van der Waals surface area contributed by atoms with E-state index in [2.05, 4.69) is 25.2 Å². The molecule has 1 aromatic carbocycles. The third kappa shape index (κ3) is 3.03. The van der Waals surface area contributed by atoms with Gasteiger partial charge in [0.2, 0.25) is 5.91 Å². The van der Waals surface area contributed by atoms with Crippen LogP contribution in [-0.4, -0.2) is 16.9 Å². The van der Waals surface area contributed by atoms with Crippen molar-refractivity contribution in [1.82, 2.24) is 0 Å². The Kier molecular flexibility index (Phi) is 4.11. The van der Waals surface area contributed by atoms with Crippen molar-refractivity contribution in [2.24, 2.45) is 0 Å². The fourth-order valence-electron chi connectivity index (χ4n) is 2.11. The number of benzene rings is 1. The average molecular weight is 249 g/mol.